The molecule has 11 aromatic rings. The maximum atomic E-state index is 13.8. The van der Waals surface area contributed by atoms with E-state index in [0.717, 1.165) is 112 Å². The van der Waals surface area contributed by atoms with Crippen LogP contribution in [0.3, 0.4) is 0 Å². The molecule has 2 aromatic heterocycles. The molecule has 1 aliphatic rings. The lowest BCUT2D eigenvalue weighted by atomic mass is 9.92. The van der Waals surface area contributed by atoms with Crippen LogP contribution in [0, 0.1) is 0 Å². The van der Waals surface area contributed by atoms with Gasteiger partial charge >= 0.3 is 12.4 Å². The first-order chi connectivity index (χ1) is 30.0. The van der Waals surface area contributed by atoms with E-state index in [4.69, 9.17) is 0 Å². The topological polar surface area (TPSA) is 9.86 Å². The van der Waals surface area contributed by atoms with E-state index >= 15 is 0 Å². The second-order valence-corrected chi connectivity index (χ2v) is 15.9. The molecule has 0 bridgehead atoms. The van der Waals surface area contributed by atoms with Gasteiger partial charge in [0.1, 0.15) is 0 Å². The smallest absolute Gasteiger partial charge is 0.309 e. The van der Waals surface area contributed by atoms with Crippen molar-refractivity contribution < 1.29 is 26.3 Å². The molecule has 0 amide bonds. The number of para-hydroxylation sites is 4. The average Bonchev–Trinajstić information content (AvgIpc) is 3.92. The molecular formula is C54H30F6N2. The Balaban J connectivity index is 1.23. The van der Waals surface area contributed by atoms with Crippen molar-refractivity contribution in [3.63, 3.8) is 0 Å². The molecule has 1 aliphatic carbocycles. The Morgan fingerprint density at radius 2 is 0.645 bits per heavy atom. The maximum absolute atomic E-state index is 13.8. The van der Waals surface area contributed by atoms with Crippen LogP contribution in [0.1, 0.15) is 11.1 Å². The van der Waals surface area contributed by atoms with Gasteiger partial charge in [0.2, 0.25) is 0 Å². The fourth-order valence-electron chi connectivity index (χ4n) is 9.81. The number of halogens is 6. The Morgan fingerprint density at radius 1 is 0.323 bits per heavy atom. The Bertz CT molecular complexity index is 3300. The molecule has 0 unspecified atom stereocenters. The van der Waals surface area contributed by atoms with Gasteiger partial charge in [0.05, 0.1) is 44.6 Å². The standard InChI is InChI=1S/C54H30F6N2/c55-53(56,57)36-21-17-31(18-22-36)33-27-35-28-34(32-19-23-37(24-20-32)54(58,59)60)30-43-50(35)42(29-33)51-48(61-44-13-5-1-9-38(44)39-10-2-6-14-45(39)61)25-26-49(52(43)51)62-46-15-7-3-11-40(46)41-12-4-8-16-47(41)62/h1-30H. The summed E-state index contributed by atoms with van der Waals surface area (Å²) < 4.78 is 87.4. The fourth-order valence-corrected chi connectivity index (χ4v) is 9.81. The number of rotatable bonds is 4. The summed E-state index contributed by atoms with van der Waals surface area (Å²) in [4.78, 5) is 0. The number of hydrogen-bond donors (Lipinski definition) is 0. The Hall–Kier alpha value is -7.58. The van der Waals surface area contributed by atoms with Crippen LogP contribution in [0.25, 0.3) is 110 Å². The Labute approximate surface area is 350 Å². The lowest BCUT2D eigenvalue weighted by Gasteiger charge is -2.19. The zero-order valence-corrected chi connectivity index (χ0v) is 32.5. The lowest BCUT2D eigenvalue weighted by Crippen LogP contribution is -2.04. The monoisotopic (exact) mass is 820 g/mol. The molecule has 8 heteroatoms. The molecule has 0 saturated carbocycles. The molecule has 9 aromatic carbocycles. The number of hydrogen-bond acceptors (Lipinski definition) is 0. The van der Waals surface area contributed by atoms with Crippen molar-refractivity contribution in [1.29, 1.82) is 0 Å². The molecule has 12 rings (SSSR count). The molecule has 2 heterocycles. The van der Waals surface area contributed by atoms with Crippen LogP contribution in [-0.2, 0) is 12.4 Å². The highest BCUT2D eigenvalue weighted by Gasteiger charge is 2.34. The molecule has 0 atom stereocenters. The highest BCUT2D eigenvalue weighted by atomic mass is 19.4. The van der Waals surface area contributed by atoms with Crippen molar-refractivity contribution in [2.75, 3.05) is 0 Å². The van der Waals surface area contributed by atoms with Crippen molar-refractivity contribution in [3.05, 3.63) is 193 Å². The van der Waals surface area contributed by atoms with Gasteiger partial charge in [0, 0.05) is 32.7 Å². The van der Waals surface area contributed by atoms with E-state index < -0.39 is 23.5 Å². The van der Waals surface area contributed by atoms with E-state index in [1.807, 2.05) is 60.7 Å². The number of aromatic nitrogens is 2. The Morgan fingerprint density at radius 3 is 0.968 bits per heavy atom. The molecular weight excluding hydrogens is 791 g/mol. The van der Waals surface area contributed by atoms with E-state index in [-0.39, 0.29) is 0 Å². The van der Waals surface area contributed by atoms with Crippen molar-refractivity contribution in [2.45, 2.75) is 12.4 Å². The van der Waals surface area contributed by atoms with Gasteiger partial charge < -0.3 is 9.13 Å². The van der Waals surface area contributed by atoms with Crippen LogP contribution in [-0.4, -0.2) is 9.13 Å². The third-order valence-corrected chi connectivity index (χ3v) is 12.5. The van der Waals surface area contributed by atoms with Gasteiger partial charge in [-0.15, -0.1) is 0 Å². The van der Waals surface area contributed by atoms with Crippen molar-refractivity contribution >= 4 is 54.4 Å². The zero-order chi connectivity index (χ0) is 42.1. The average molecular weight is 821 g/mol. The van der Waals surface area contributed by atoms with Gasteiger partial charge in [-0.25, -0.2) is 0 Å². The summed E-state index contributed by atoms with van der Waals surface area (Å²) in [5, 5.41) is 6.11. The van der Waals surface area contributed by atoms with E-state index in [2.05, 4.69) is 81.9 Å². The third kappa shape index (κ3) is 5.32. The van der Waals surface area contributed by atoms with Gasteiger partial charge in [-0.2, -0.15) is 26.3 Å². The molecule has 62 heavy (non-hydrogen) atoms. The normalized spacial score (nSPS) is 12.7. The minimum Gasteiger partial charge on any atom is -0.309 e. The number of benzene rings is 9. The van der Waals surface area contributed by atoms with Crippen molar-refractivity contribution in [3.8, 4) is 55.9 Å². The third-order valence-electron chi connectivity index (χ3n) is 12.5. The van der Waals surface area contributed by atoms with E-state index in [9.17, 15) is 26.3 Å². The van der Waals surface area contributed by atoms with Gasteiger partial charge in [-0.3, -0.25) is 0 Å². The van der Waals surface area contributed by atoms with Crippen molar-refractivity contribution in [2.24, 2.45) is 0 Å². The molecule has 0 saturated heterocycles. The van der Waals surface area contributed by atoms with Crippen LogP contribution in [0.4, 0.5) is 26.3 Å². The number of nitrogens with zero attached hydrogens (tertiary/aromatic N) is 2. The van der Waals surface area contributed by atoms with Gasteiger partial charge in [-0.05, 0) is 129 Å². The van der Waals surface area contributed by atoms with Crippen molar-refractivity contribution in [1.82, 2.24) is 9.13 Å². The largest absolute Gasteiger partial charge is 0.416 e. The van der Waals surface area contributed by atoms with Crippen LogP contribution < -0.4 is 0 Å². The minimum atomic E-state index is -4.50. The first-order valence-electron chi connectivity index (χ1n) is 20.1. The molecule has 0 spiro atoms. The summed E-state index contributed by atoms with van der Waals surface area (Å²) in [6.07, 6.45) is -9.00. The predicted octanol–water partition coefficient (Wildman–Crippen LogP) is 16.1. The van der Waals surface area contributed by atoms with E-state index in [1.165, 1.54) is 24.3 Å². The lowest BCUT2D eigenvalue weighted by molar-refractivity contribution is -0.138. The quantitative estimate of drug-likeness (QED) is 0.157. The second kappa shape index (κ2) is 13.0. The second-order valence-electron chi connectivity index (χ2n) is 15.9. The number of alkyl halides is 6. The summed E-state index contributed by atoms with van der Waals surface area (Å²) >= 11 is 0. The van der Waals surface area contributed by atoms with E-state index in [0.29, 0.717) is 22.3 Å². The van der Waals surface area contributed by atoms with Gasteiger partial charge in [-0.1, -0.05) is 97.1 Å². The van der Waals surface area contributed by atoms with Crippen LogP contribution in [0.2, 0.25) is 0 Å². The Kier molecular flexibility index (Phi) is 7.59. The van der Waals surface area contributed by atoms with Crippen LogP contribution in [0.5, 0.6) is 0 Å². The minimum absolute atomic E-state index is 0.600. The van der Waals surface area contributed by atoms with Crippen LogP contribution >= 0.6 is 0 Å². The highest BCUT2D eigenvalue weighted by Crippen LogP contribution is 2.56. The molecule has 0 N–H and O–H groups in total. The zero-order valence-electron chi connectivity index (χ0n) is 32.5. The molecule has 298 valence electrons. The fraction of sp³-hybridized carbons (Fsp3) is 0.0370. The summed E-state index contributed by atoms with van der Waals surface area (Å²) in [5.74, 6) is 0. The molecule has 0 fully saturated rings. The predicted molar refractivity (Wildman–Crippen MR) is 238 cm³/mol. The number of fused-ring (bicyclic) bond motifs is 9. The summed E-state index contributed by atoms with van der Waals surface area (Å²) in [7, 11) is 0. The highest BCUT2D eigenvalue weighted by molar-refractivity contribution is 6.22. The molecule has 0 aliphatic heterocycles. The molecule has 0 radical (unpaired) electrons. The molecule has 2 nitrogen and oxygen atoms in total. The first-order valence-corrected chi connectivity index (χ1v) is 20.1. The summed E-state index contributed by atoms with van der Waals surface area (Å²) in [6.45, 7) is 0. The van der Waals surface area contributed by atoms with E-state index in [1.54, 1.807) is 0 Å². The van der Waals surface area contributed by atoms with Gasteiger partial charge in [0.25, 0.3) is 0 Å². The summed E-state index contributed by atoms with van der Waals surface area (Å²) in [6, 6.07) is 56.0. The summed E-state index contributed by atoms with van der Waals surface area (Å²) in [5.41, 5.74) is 10.7. The SMILES string of the molecule is FC(F)(F)c1ccc(-c2cc3c4c(cc(-c5ccc(C(F)(F)F)cc5)cc4c2)-c2c(-n4c5ccccc5c5ccccc54)ccc(-n4c5ccccc5c5ccccc54)c2-3)cc1. The maximum Gasteiger partial charge on any atom is 0.416 e. The van der Waals surface area contributed by atoms with Crippen LogP contribution in [0.15, 0.2) is 182 Å². The first kappa shape index (κ1) is 36.3. The van der Waals surface area contributed by atoms with Gasteiger partial charge in [0.15, 0.2) is 0 Å².